The normalized spacial score (nSPS) is 18.1. The van der Waals surface area contributed by atoms with Crippen molar-refractivity contribution in [2.75, 3.05) is 53.0 Å². The van der Waals surface area contributed by atoms with Crippen LogP contribution in [0.5, 0.6) is 0 Å². The molecule has 7 heteroatoms. The highest BCUT2D eigenvalue weighted by molar-refractivity contribution is 14.0. The summed E-state index contributed by atoms with van der Waals surface area (Å²) in [6.45, 7) is 9.95. The summed E-state index contributed by atoms with van der Waals surface area (Å²) in [7, 11) is 1.85. The van der Waals surface area contributed by atoms with Crippen molar-refractivity contribution in [3.63, 3.8) is 0 Å². The van der Waals surface area contributed by atoms with Crippen molar-refractivity contribution >= 4 is 35.8 Å². The number of carbonyl (C=O) groups is 1. The van der Waals surface area contributed by atoms with E-state index in [1.807, 2.05) is 11.9 Å². The van der Waals surface area contributed by atoms with Crippen molar-refractivity contribution in [1.82, 2.24) is 15.1 Å². The van der Waals surface area contributed by atoms with Crippen LogP contribution in [0, 0.1) is 5.92 Å². The van der Waals surface area contributed by atoms with E-state index in [1.54, 1.807) is 0 Å². The lowest BCUT2D eigenvalue weighted by molar-refractivity contribution is -0.140. The molecule has 3 rings (SSSR count). The topological polar surface area (TPSA) is 57.2 Å². The number of hydrogen-bond donors (Lipinski definition) is 1. The zero-order valence-corrected chi connectivity index (χ0v) is 21.6. The Morgan fingerprint density at radius 3 is 2.32 bits per heavy atom. The molecule has 1 aromatic rings. The molecule has 2 aliphatic rings. The molecular formula is C24H39IN4O2. The summed E-state index contributed by atoms with van der Waals surface area (Å²) < 4.78 is 5.36. The van der Waals surface area contributed by atoms with Crippen molar-refractivity contribution < 1.29 is 9.53 Å². The molecule has 0 aliphatic carbocycles. The number of carbonyl (C=O) groups excluding carboxylic acids is 1. The van der Waals surface area contributed by atoms with Gasteiger partial charge in [0.05, 0.1) is 13.2 Å². The van der Waals surface area contributed by atoms with Crippen molar-refractivity contribution in [1.29, 1.82) is 0 Å². The SMILES string of the molecule is CN=C(NCCCc1ccc(C(C)C)cc1)N1CCC(C(=O)N2CCOCC2)CC1.I. The number of nitrogens with zero attached hydrogens (tertiary/aromatic N) is 3. The van der Waals surface area contributed by atoms with Gasteiger partial charge >= 0.3 is 0 Å². The second-order valence-electron chi connectivity index (χ2n) is 8.67. The largest absolute Gasteiger partial charge is 0.378 e. The summed E-state index contributed by atoms with van der Waals surface area (Å²) in [4.78, 5) is 21.4. The number of aryl methyl sites for hydroxylation is 1. The number of amides is 1. The fourth-order valence-corrected chi connectivity index (χ4v) is 4.27. The minimum Gasteiger partial charge on any atom is -0.378 e. The number of morpholine rings is 1. The number of likely N-dealkylation sites (tertiary alicyclic amines) is 1. The molecule has 2 saturated heterocycles. The van der Waals surface area contributed by atoms with E-state index in [0.717, 1.165) is 64.4 Å². The predicted octanol–water partition coefficient (Wildman–Crippen LogP) is 3.51. The van der Waals surface area contributed by atoms with Crippen LogP contribution < -0.4 is 5.32 Å². The van der Waals surface area contributed by atoms with Crippen molar-refractivity contribution in [2.45, 2.75) is 45.4 Å². The first kappa shape index (κ1) is 25.9. The molecule has 0 spiro atoms. The highest BCUT2D eigenvalue weighted by Crippen LogP contribution is 2.20. The number of benzene rings is 1. The zero-order valence-electron chi connectivity index (χ0n) is 19.3. The third-order valence-electron chi connectivity index (χ3n) is 6.25. The standard InChI is InChI=1S/C24H38N4O2.HI/c1-19(2)21-8-6-20(7-9-21)5-4-12-26-24(25-3)28-13-10-22(11-14-28)23(29)27-15-17-30-18-16-27;/h6-9,19,22H,4-5,10-18H2,1-3H3,(H,25,26);1H. The first-order valence-corrected chi connectivity index (χ1v) is 11.5. The van der Waals surface area contributed by atoms with Gasteiger partial charge in [-0.15, -0.1) is 24.0 Å². The van der Waals surface area contributed by atoms with Gasteiger partial charge in [-0.3, -0.25) is 9.79 Å². The second kappa shape index (κ2) is 13.3. The van der Waals surface area contributed by atoms with Crippen molar-refractivity contribution in [3.05, 3.63) is 35.4 Å². The maximum Gasteiger partial charge on any atom is 0.225 e. The van der Waals surface area contributed by atoms with E-state index in [-0.39, 0.29) is 29.9 Å². The van der Waals surface area contributed by atoms with E-state index < -0.39 is 0 Å². The van der Waals surface area contributed by atoms with E-state index in [4.69, 9.17) is 4.74 Å². The Kier molecular flexibility index (Phi) is 11.1. The smallest absolute Gasteiger partial charge is 0.225 e. The Morgan fingerprint density at radius 2 is 1.74 bits per heavy atom. The lowest BCUT2D eigenvalue weighted by atomic mass is 9.95. The van der Waals surface area contributed by atoms with Crippen molar-refractivity contribution in [3.8, 4) is 0 Å². The zero-order chi connectivity index (χ0) is 21.3. The molecule has 0 bridgehead atoms. The molecular weight excluding hydrogens is 503 g/mol. The highest BCUT2D eigenvalue weighted by Gasteiger charge is 2.30. The number of halogens is 1. The van der Waals surface area contributed by atoms with Crippen LogP contribution in [0.25, 0.3) is 0 Å². The molecule has 1 aromatic carbocycles. The number of piperidine rings is 1. The first-order valence-electron chi connectivity index (χ1n) is 11.5. The predicted molar refractivity (Wildman–Crippen MR) is 137 cm³/mol. The number of nitrogens with one attached hydrogen (secondary N) is 1. The molecule has 0 atom stereocenters. The minimum atomic E-state index is 0. The molecule has 0 saturated carbocycles. The van der Waals surface area contributed by atoms with Crippen LogP contribution in [-0.4, -0.2) is 74.7 Å². The third-order valence-corrected chi connectivity index (χ3v) is 6.25. The van der Waals surface area contributed by atoms with Gasteiger partial charge in [0.15, 0.2) is 5.96 Å². The van der Waals surface area contributed by atoms with Gasteiger partial charge < -0.3 is 19.9 Å². The number of hydrogen-bond acceptors (Lipinski definition) is 3. The van der Waals surface area contributed by atoms with Crippen LogP contribution in [0.3, 0.4) is 0 Å². The molecule has 31 heavy (non-hydrogen) atoms. The molecule has 1 N–H and O–H groups in total. The quantitative estimate of drug-likeness (QED) is 0.259. The summed E-state index contributed by atoms with van der Waals surface area (Å²) in [6.07, 6.45) is 3.95. The second-order valence-corrected chi connectivity index (χ2v) is 8.67. The number of rotatable bonds is 6. The van der Waals surface area contributed by atoms with Crippen LogP contribution >= 0.6 is 24.0 Å². The molecule has 0 aromatic heterocycles. The van der Waals surface area contributed by atoms with Gasteiger partial charge in [-0.25, -0.2) is 0 Å². The number of guanidine groups is 1. The van der Waals surface area contributed by atoms with Gasteiger partial charge in [0.25, 0.3) is 0 Å². The van der Waals surface area contributed by atoms with Crippen LogP contribution in [0.1, 0.15) is 50.2 Å². The molecule has 2 aliphatic heterocycles. The molecule has 2 heterocycles. The average molecular weight is 543 g/mol. The highest BCUT2D eigenvalue weighted by atomic mass is 127. The Balaban J connectivity index is 0.00000341. The molecule has 174 valence electrons. The summed E-state index contributed by atoms with van der Waals surface area (Å²) in [5.41, 5.74) is 2.78. The fraction of sp³-hybridized carbons (Fsp3) is 0.667. The average Bonchev–Trinajstić information content (AvgIpc) is 2.80. The molecule has 1 amide bonds. The molecule has 6 nitrogen and oxygen atoms in total. The molecule has 0 radical (unpaired) electrons. The maximum atomic E-state index is 12.7. The number of aliphatic imine (C=N–C) groups is 1. The van der Waals surface area contributed by atoms with Gasteiger partial charge in [-0.05, 0) is 42.7 Å². The fourth-order valence-electron chi connectivity index (χ4n) is 4.27. The van der Waals surface area contributed by atoms with Gasteiger partial charge in [-0.1, -0.05) is 38.1 Å². The van der Waals surface area contributed by atoms with Crippen LogP contribution in [0.2, 0.25) is 0 Å². The van der Waals surface area contributed by atoms with E-state index >= 15 is 0 Å². The van der Waals surface area contributed by atoms with Crippen LogP contribution in [-0.2, 0) is 16.0 Å². The Labute approximate surface area is 204 Å². The van der Waals surface area contributed by atoms with Crippen LogP contribution in [0.4, 0.5) is 0 Å². The Morgan fingerprint density at radius 1 is 1.10 bits per heavy atom. The van der Waals surface area contributed by atoms with Gasteiger partial charge in [-0.2, -0.15) is 0 Å². The lowest BCUT2D eigenvalue weighted by Gasteiger charge is -2.36. The monoisotopic (exact) mass is 542 g/mol. The van der Waals surface area contributed by atoms with E-state index in [1.165, 1.54) is 11.1 Å². The molecule has 2 fully saturated rings. The van der Waals surface area contributed by atoms with E-state index in [2.05, 4.69) is 53.3 Å². The first-order chi connectivity index (χ1) is 14.6. The Bertz CT molecular complexity index is 694. The van der Waals surface area contributed by atoms with Crippen molar-refractivity contribution in [2.24, 2.45) is 10.9 Å². The summed E-state index contributed by atoms with van der Waals surface area (Å²) in [5.74, 6) is 2.00. The van der Waals surface area contributed by atoms with Gasteiger partial charge in [0, 0.05) is 45.7 Å². The third kappa shape index (κ3) is 7.63. The summed E-state index contributed by atoms with van der Waals surface area (Å²) >= 11 is 0. The summed E-state index contributed by atoms with van der Waals surface area (Å²) in [5, 5.41) is 3.51. The number of ether oxygens (including phenoxy) is 1. The van der Waals surface area contributed by atoms with Gasteiger partial charge in [0.2, 0.25) is 5.91 Å². The van der Waals surface area contributed by atoms with Gasteiger partial charge in [0.1, 0.15) is 0 Å². The van der Waals surface area contributed by atoms with Crippen LogP contribution in [0.15, 0.2) is 29.3 Å². The Hall–Kier alpha value is -1.35. The molecule has 0 unspecified atom stereocenters. The maximum absolute atomic E-state index is 12.7. The van der Waals surface area contributed by atoms with E-state index in [0.29, 0.717) is 25.0 Å². The minimum absolute atomic E-state index is 0. The van der Waals surface area contributed by atoms with E-state index in [9.17, 15) is 4.79 Å². The lowest BCUT2D eigenvalue weighted by Crippen LogP contribution is -2.50. The summed E-state index contributed by atoms with van der Waals surface area (Å²) in [6, 6.07) is 8.99.